The lowest BCUT2D eigenvalue weighted by molar-refractivity contribution is -0.144. The maximum absolute atomic E-state index is 12.7. The van der Waals surface area contributed by atoms with Crippen molar-refractivity contribution in [3.05, 3.63) is 47.5 Å². The lowest BCUT2D eigenvalue weighted by Crippen LogP contribution is -2.16. The molecule has 0 aliphatic rings. The van der Waals surface area contributed by atoms with Gasteiger partial charge in [0, 0.05) is 6.20 Å². The van der Waals surface area contributed by atoms with Gasteiger partial charge in [0.1, 0.15) is 5.75 Å². The summed E-state index contributed by atoms with van der Waals surface area (Å²) >= 11 is 0. The largest absolute Gasteiger partial charge is 0.495 e. The molecule has 0 atom stereocenters. The van der Waals surface area contributed by atoms with E-state index in [-0.39, 0.29) is 17.0 Å². The number of hydrogen-bond acceptors (Lipinski definition) is 5. The van der Waals surface area contributed by atoms with Crippen molar-refractivity contribution in [3.63, 3.8) is 0 Å². The molecule has 3 aromatic rings. The summed E-state index contributed by atoms with van der Waals surface area (Å²) in [6.07, 6.45) is -3.54. The highest BCUT2D eigenvalue weighted by Gasteiger charge is 2.36. The number of methoxy groups -OCH3 is 1. The van der Waals surface area contributed by atoms with Crippen molar-refractivity contribution >= 4 is 17.4 Å². The molecule has 1 amide bonds. The summed E-state index contributed by atoms with van der Waals surface area (Å²) in [4.78, 5) is 19.6. The van der Waals surface area contributed by atoms with Gasteiger partial charge in [-0.15, -0.1) is 5.10 Å². The highest BCUT2D eigenvalue weighted by Crippen LogP contribution is 2.27. The van der Waals surface area contributed by atoms with Crippen LogP contribution >= 0.6 is 0 Å². The monoisotopic (exact) mass is 351 g/mol. The van der Waals surface area contributed by atoms with Crippen LogP contribution in [0.3, 0.4) is 0 Å². The molecule has 0 radical (unpaired) electrons. The van der Waals surface area contributed by atoms with Gasteiger partial charge in [-0.3, -0.25) is 4.79 Å². The molecular weight excluding hydrogens is 339 g/mol. The maximum Gasteiger partial charge on any atom is 0.453 e. The van der Waals surface area contributed by atoms with Crippen molar-refractivity contribution < 1.29 is 22.7 Å². The van der Waals surface area contributed by atoms with Crippen LogP contribution in [0.2, 0.25) is 0 Å². The van der Waals surface area contributed by atoms with E-state index in [4.69, 9.17) is 4.74 Å². The first-order valence-electron chi connectivity index (χ1n) is 7.05. The van der Waals surface area contributed by atoms with Gasteiger partial charge in [-0.25, -0.2) is 9.50 Å². The summed E-state index contributed by atoms with van der Waals surface area (Å²) in [5, 5.41) is 6.01. The van der Waals surface area contributed by atoms with E-state index in [0.717, 1.165) is 10.7 Å². The summed E-state index contributed by atoms with van der Waals surface area (Å²) in [5.41, 5.74) is 0.668. The number of amides is 1. The van der Waals surface area contributed by atoms with Gasteiger partial charge in [0.05, 0.1) is 24.1 Å². The van der Waals surface area contributed by atoms with Crippen molar-refractivity contribution in [1.29, 1.82) is 0 Å². The molecule has 2 heterocycles. The van der Waals surface area contributed by atoms with E-state index in [0.29, 0.717) is 11.4 Å². The van der Waals surface area contributed by atoms with Crippen LogP contribution in [0.5, 0.6) is 5.75 Å². The smallest absolute Gasteiger partial charge is 0.453 e. The fourth-order valence-corrected chi connectivity index (χ4v) is 2.22. The molecule has 3 rings (SSSR count). The summed E-state index contributed by atoms with van der Waals surface area (Å²) in [5.74, 6) is -1.66. The molecule has 0 spiro atoms. The minimum atomic E-state index is -4.69. The number of aromatic nitrogens is 4. The molecule has 0 aliphatic heterocycles. The number of rotatable bonds is 3. The van der Waals surface area contributed by atoms with E-state index in [9.17, 15) is 18.0 Å². The molecule has 130 valence electrons. The third-order valence-electron chi connectivity index (χ3n) is 3.46. The van der Waals surface area contributed by atoms with Crippen LogP contribution in [0, 0.1) is 6.92 Å². The van der Waals surface area contributed by atoms with Gasteiger partial charge in [0.2, 0.25) is 0 Å². The SMILES string of the molecule is COc1ccccc1NC(=O)c1cnc2nc(C(F)(F)F)nn2c1C. The highest BCUT2D eigenvalue weighted by molar-refractivity contribution is 6.05. The number of carbonyl (C=O) groups excluding carboxylic acids is 1. The topological polar surface area (TPSA) is 81.4 Å². The first-order valence-corrected chi connectivity index (χ1v) is 7.05. The molecule has 0 unspecified atom stereocenters. The second kappa shape index (κ2) is 6.04. The van der Waals surface area contributed by atoms with Crippen molar-refractivity contribution in [2.24, 2.45) is 0 Å². The van der Waals surface area contributed by atoms with E-state index in [1.165, 1.54) is 14.0 Å². The molecule has 1 aromatic carbocycles. The number of fused-ring (bicyclic) bond motifs is 1. The minimum Gasteiger partial charge on any atom is -0.495 e. The third kappa shape index (κ3) is 3.10. The number of alkyl halides is 3. The van der Waals surface area contributed by atoms with Gasteiger partial charge >= 0.3 is 6.18 Å². The van der Waals surface area contributed by atoms with Crippen LogP contribution in [0.1, 0.15) is 21.9 Å². The first-order chi connectivity index (χ1) is 11.8. The highest BCUT2D eigenvalue weighted by atomic mass is 19.4. The molecule has 25 heavy (non-hydrogen) atoms. The number of ether oxygens (including phenoxy) is 1. The van der Waals surface area contributed by atoms with Gasteiger partial charge in [0.15, 0.2) is 0 Å². The summed E-state index contributed by atoms with van der Waals surface area (Å²) < 4.78 is 44.2. The van der Waals surface area contributed by atoms with Crippen molar-refractivity contribution in [3.8, 4) is 5.75 Å². The number of carbonyl (C=O) groups is 1. The molecule has 1 N–H and O–H groups in total. The number of aryl methyl sites for hydroxylation is 1. The molecule has 10 heteroatoms. The van der Waals surface area contributed by atoms with E-state index in [1.807, 2.05) is 0 Å². The predicted octanol–water partition coefficient (Wildman–Crippen LogP) is 2.71. The number of nitrogens with one attached hydrogen (secondary N) is 1. The number of para-hydroxylation sites is 2. The summed E-state index contributed by atoms with van der Waals surface area (Å²) in [6.45, 7) is 1.46. The number of benzene rings is 1. The molecule has 0 bridgehead atoms. The van der Waals surface area contributed by atoms with Gasteiger partial charge in [-0.1, -0.05) is 12.1 Å². The Hall–Kier alpha value is -3.17. The van der Waals surface area contributed by atoms with E-state index in [1.54, 1.807) is 24.3 Å². The van der Waals surface area contributed by atoms with Crippen LogP contribution < -0.4 is 10.1 Å². The Morgan fingerprint density at radius 3 is 2.68 bits per heavy atom. The quantitative estimate of drug-likeness (QED) is 0.785. The second-order valence-electron chi connectivity index (χ2n) is 5.06. The molecule has 0 fully saturated rings. The average molecular weight is 351 g/mol. The Bertz CT molecular complexity index is 952. The van der Waals surface area contributed by atoms with Crippen LogP contribution in [-0.4, -0.2) is 32.6 Å². The summed E-state index contributed by atoms with van der Waals surface area (Å²) in [6, 6.07) is 6.74. The molecule has 0 saturated heterocycles. The average Bonchev–Trinajstić information content (AvgIpc) is 3.01. The van der Waals surface area contributed by atoms with Crippen molar-refractivity contribution in [1.82, 2.24) is 19.6 Å². The fraction of sp³-hybridized carbons (Fsp3) is 0.200. The van der Waals surface area contributed by atoms with E-state index in [2.05, 4.69) is 20.4 Å². The standard InChI is InChI=1S/C15H12F3N5O2/c1-8-9(12(24)20-10-5-3-4-6-11(10)25-2)7-19-14-21-13(15(16,17)18)22-23(8)14/h3-7H,1-2H3,(H,20,24). The Morgan fingerprint density at radius 1 is 1.28 bits per heavy atom. The minimum absolute atomic E-state index is 0.0667. The van der Waals surface area contributed by atoms with Crippen molar-refractivity contribution in [2.45, 2.75) is 13.1 Å². The van der Waals surface area contributed by atoms with Gasteiger partial charge in [0.25, 0.3) is 17.5 Å². The Morgan fingerprint density at radius 2 is 2.00 bits per heavy atom. The number of hydrogen-bond donors (Lipinski definition) is 1. The zero-order chi connectivity index (χ0) is 18.2. The lowest BCUT2D eigenvalue weighted by Gasteiger charge is -2.11. The predicted molar refractivity (Wildman–Crippen MR) is 81.5 cm³/mol. The molecular formula is C15H12F3N5O2. The van der Waals surface area contributed by atoms with Crippen LogP contribution in [0.15, 0.2) is 30.5 Å². The fourth-order valence-electron chi connectivity index (χ4n) is 2.22. The molecule has 7 nitrogen and oxygen atoms in total. The van der Waals surface area contributed by atoms with Crippen LogP contribution in [-0.2, 0) is 6.18 Å². The second-order valence-corrected chi connectivity index (χ2v) is 5.06. The molecule has 2 aromatic heterocycles. The van der Waals surface area contributed by atoms with E-state index >= 15 is 0 Å². The van der Waals surface area contributed by atoms with Gasteiger partial charge in [-0.05, 0) is 19.1 Å². The van der Waals surface area contributed by atoms with Gasteiger partial charge < -0.3 is 10.1 Å². The maximum atomic E-state index is 12.7. The van der Waals surface area contributed by atoms with Crippen LogP contribution in [0.25, 0.3) is 5.78 Å². The number of nitrogens with zero attached hydrogens (tertiary/aromatic N) is 4. The zero-order valence-corrected chi connectivity index (χ0v) is 13.1. The normalized spacial score (nSPS) is 11.6. The molecule has 0 aliphatic carbocycles. The third-order valence-corrected chi connectivity index (χ3v) is 3.46. The first kappa shape index (κ1) is 16.7. The lowest BCUT2D eigenvalue weighted by atomic mass is 10.2. The number of halogens is 3. The van der Waals surface area contributed by atoms with Crippen LogP contribution in [0.4, 0.5) is 18.9 Å². The number of anilines is 1. The zero-order valence-electron chi connectivity index (χ0n) is 13.1. The Balaban J connectivity index is 1.98. The van der Waals surface area contributed by atoms with Gasteiger partial charge in [-0.2, -0.15) is 18.2 Å². The summed E-state index contributed by atoms with van der Waals surface area (Å²) in [7, 11) is 1.46. The van der Waals surface area contributed by atoms with E-state index < -0.39 is 17.9 Å². The molecule has 0 saturated carbocycles. The van der Waals surface area contributed by atoms with Crippen molar-refractivity contribution in [2.75, 3.05) is 12.4 Å². The Kier molecular flexibility index (Phi) is 4.03. The Labute approximate surface area is 139 Å².